The third-order valence-electron chi connectivity index (χ3n) is 2.48. The Hall–Kier alpha value is -1.98. The second-order valence-electron chi connectivity index (χ2n) is 4.72. The number of ketones is 1. The summed E-state index contributed by atoms with van der Waals surface area (Å²) < 4.78 is 2.16. The van der Waals surface area contributed by atoms with E-state index in [-0.39, 0.29) is 5.78 Å². The van der Waals surface area contributed by atoms with E-state index >= 15 is 0 Å². The van der Waals surface area contributed by atoms with Crippen molar-refractivity contribution in [3.63, 3.8) is 0 Å². The van der Waals surface area contributed by atoms with Gasteiger partial charge in [0.1, 0.15) is 5.78 Å². The SMILES string of the molecule is CB(O)O.CCC(C)=O.c1ccc(C[n+]2ccccc2)cc1. The van der Waals surface area contributed by atoms with Gasteiger partial charge >= 0.3 is 7.12 Å². The van der Waals surface area contributed by atoms with Gasteiger partial charge in [0.25, 0.3) is 0 Å². The average Bonchev–Trinajstić information content (AvgIpc) is 2.49. The molecule has 0 aliphatic heterocycles. The monoisotopic (exact) mass is 302 g/mol. The van der Waals surface area contributed by atoms with E-state index in [1.807, 2.05) is 31.2 Å². The Morgan fingerprint density at radius 2 is 1.45 bits per heavy atom. The second-order valence-corrected chi connectivity index (χ2v) is 4.72. The van der Waals surface area contributed by atoms with Gasteiger partial charge in [-0.1, -0.05) is 43.3 Å². The van der Waals surface area contributed by atoms with Crippen LogP contribution in [0.2, 0.25) is 6.82 Å². The molecule has 22 heavy (non-hydrogen) atoms. The van der Waals surface area contributed by atoms with Gasteiger partial charge in [0.15, 0.2) is 18.9 Å². The van der Waals surface area contributed by atoms with Crippen molar-refractivity contribution in [1.29, 1.82) is 0 Å². The van der Waals surface area contributed by atoms with Crippen LogP contribution in [0, 0.1) is 0 Å². The van der Waals surface area contributed by atoms with Crippen LogP contribution in [-0.2, 0) is 11.3 Å². The van der Waals surface area contributed by atoms with Crippen LogP contribution in [0.3, 0.4) is 0 Å². The molecule has 1 aromatic carbocycles. The maximum Gasteiger partial charge on any atom is 0.448 e. The molecule has 0 saturated carbocycles. The normalized spacial score (nSPS) is 8.77. The van der Waals surface area contributed by atoms with Crippen LogP contribution in [0.25, 0.3) is 0 Å². The fourth-order valence-corrected chi connectivity index (χ4v) is 1.33. The largest absolute Gasteiger partial charge is 0.448 e. The molecule has 2 rings (SSSR count). The number of carbonyl (C=O) groups excluding carboxylic acids is 1. The minimum atomic E-state index is -1.17. The molecule has 0 atom stereocenters. The van der Waals surface area contributed by atoms with Crippen molar-refractivity contribution in [2.45, 2.75) is 33.6 Å². The number of Topliss-reactive ketones (excluding diaryl/α,β-unsaturated/α-hetero) is 1. The second kappa shape index (κ2) is 12.7. The Bertz CT molecular complexity index is 464. The highest BCUT2D eigenvalue weighted by Gasteiger charge is 1.98. The molecule has 0 unspecified atom stereocenters. The first-order valence-corrected chi connectivity index (χ1v) is 7.29. The first-order valence-electron chi connectivity index (χ1n) is 7.29. The Kier molecular flexibility index (Phi) is 11.6. The Labute approximate surface area is 133 Å². The Morgan fingerprint density at radius 1 is 1.05 bits per heavy atom. The van der Waals surface area contributed by atoms with Crippen molar-refractivity contribution in [1.82, 2.24) is 0 Å². The number of benzene rings is 1. The zero-order chi connectivity index (χ0) is 16.8. The van der Waals surface area contributed by atoms with Crippen molar-refractivity contribution in [3.05, 3.63) is 66.5 Å². The van der Waals surface area contributed by atoms with Crippen molar-refractivity contribution >= 4 is 12.9 Å². The highest BCUT2D eigenvalue weighted by Crippen LogP contribution is 1.96. The van der Waals surface area contributed by atoms with E-state index in [9.17, 15) is 4.79 Å². The van der Waals surface area contributed by atoms with Gasteiger partial charge in [0.2, 0.25) is 0 Å². The molecule has 0 spiro atoms. The molecule has 0 radical (unpaired) electrons. The lowest BCUT2D eigenvalue weighted by atomic mass is 9.99. The van der Waals surface area contributed by atoms with Gasteiger partial charge < -0.3 is 14.8 Å². The van der Waals surface area contributed by atoms with Crippen LogP contribution < -0.4 is 4.57 Å². The summed E-state index contributed by atoms with van der Waals surface area (Å²) in [5.74, 6) is 0.255. The summed E-state index contributed by atoms with van der Waals surface area (Å²) >= 11 is 0. The van der Waals surface area contributed by atoms with Crippen molar-refractivity contribution in [2.24, 2.45) is 0 Å². The number of pyridine rings is 1. The molecular formula is C17H25BNO3+. The first-order chi connectivity index (χ1) is 10.5. The van der Waals surface area contributed by atoms with Crippen LogP contribution in [0.5, 0.6) is 0 Å². The molecule has 0 bridgehead atoms. The number of hydrogen-bond acceptors (Lipinski definition) is 3. The number of carbonyl (C=O) groups is 1. The maximum absolute atomic E-state index is 9.81. The molecule has 0 amide bonds. The molecule has 118 valence electrons. The van der Waals surface area contributed by atoms with Gasteiger partial charge in [-0.3, -0.25) is 0 Å². The van der Waals surface area contributed by atoms with Gasteiger partial charge in [-0.15, -0.1) is 0 Å². The summed E-state index contributed by atoms with van der Waals surface area (Å²) in [5, 5.41) is 15.2. The maximum atomic E-state index is 9.81. The molecule has 1 heterocycles. The third kappa shape index (κ3) is 13.0. The molecule has 2 N–H and O–H groups in total. The van der Waals surface area contributed by atoms with E-state index in [4.69, 9.17) is 10.0 Å². The smallest absolute Gasteiger partial charge is 0.427 e. The Morgan fingerprint density at radius 3 is 1.86 bits per heavy atom. The predicted octanol–water partition coefficient (Wildman–Crippen LogP) is 2.10. The van der Waals surface area contributed by atoms with Crippen LogP contribution in [-0.4, -0.2) is 22.9 Å². The van der Waals surface area contributed by atoms with Gasteiger partial charge in [0.05, 0.1) is 0 Å². The molecule has 2 aromatic rings. The lowest BCUT2D eigenvalue weighted by molar-refractivity contribution is -0.688. The summed E-state index contributed by atoms with van der Waals surface area (Å²) in [6.45, 7) is 5.66. The molecule has 1 aromatic heterocycles. The number of nitrogens with zero attached hydrogens (tertiary/aromatic N) is 1. The van der Waals surface area contributed by atoms with E-state index in [0.29, 0.717) is 6.42 Å². The predicted molar refractivity (Wildman–Crippen MR) is 89.2 cm³/mol. The fourth-order valence-electron chi connectivity index (χ4n) is 1.33. The standard InChI is InChI=1S/C12H12N.C4H8O.CH5BO2/c1-3-7-12(8-4-1)11-13-9-5-2-6-10-13;1-3-4(2)5;1-2(3)4/h1-10H,11H2;3H2,1-2H3;3-4H,1H3/q+1;;. The lowest BCUT2D eigenvalue weighted by Crippen LogP contribution is -2.32. The molecule has 0 saturated heterocycles. The minimum Gasteiger partial charge on any atom is -0.427 e. The van der Waals surface area contributed by atoms with Gasteiger partial charge in [0, 0.05) is 24.1 Å². The highest BCUT2D eigenvalue weighted by molar-refractivity contribution is 6.38. The lowest BCUT2D eigenvalue weighted by Gasteiger charge is -1.95. The van der Waals surface area contributed by atoms with E-state index in [1.165, 1.54) is 12.4 Å². The summed E-state index contributed by atoms with van der Waals surface area (Å²) in [4.78, 5) is 9.81. The highest BCUT2D eigenvalue weighted by atomic mass is 16.4. The van der Waals surface area contributed by atoms with E-state index < -0.39 is 7.12 Å². The van der Waals surface area contributed by atoms with Crippen LogP contribution in [0.1, 0.15) is 25.8 Å². The number of aromatic nitrogens is 1. The zero-order valence-electron chi connectivity index (χ0n) is 13.5. The van der Waals surface area contributed by atoms with Crippen molar-refractivity contribution < 1.29 is 19.4 Å². The summed E-state index contributed by atoms with van der Waals surface area (Å²) in [6, 6.07) is 16.6. The topological polar surface area (TPSA) is 61.4 Å². The number of hydrogen-bond donors (Lipinski definition) is 2. The van der Waals surface area contributed by atoms with E-state index in [0.717, 1.165) is 6.54 Å². The zero-order valence-corrected chi connectivity index (χ0v) is 13.5. The van der Waals surface area contributed by atoms with Crippen LogP contribution in [0.4, 0.5) is 0 Å². The van der Waals surface area contributed by atoms with Gasteiger partial charge in [-0.25, -0.2) is 4.57 Å². The molecular weight excluding hydrogens is 277 g/mol. The van der Waals surface area contributed by atoms with Crippen molar-refractivity contribution in [2.75, 3.05) is 0 Å². The van der Waals surface area contributed by atoms with Crippen LogP contribution >= 0.6 is 0 Å². The fraction of sp³-hybridized carbons (Fsp3) is 0.294. The average molecular weight is 302 g/mol. The molecule has 0 fully saturated rings. The minimum absolute atomic E-state index is 0.255. The summed E-state index contributed by atoms with van der Waals surface area (Å²) in [5.41, 5.74) is 1.33. The number of rotatable bonds is 3. The van der Waals surface area contributed by atoms with Gasteiger partial charge in [-0.2, -0.15) is 0 Å². The van der Waals surface area contributed by atoms with E-state index in [1.54, 1.807) is 6.92 Å². The molecule has 0 aliphatic rings. The van der Waals surface area contributed by atoms with Gasteiger partial charge in [-0.05, 0) is 13.7 Å². The Balaban J connectivity index is 0.000000411. The first kappa shape index (κ1) is 20.0. The summed E-state index contributed by atoms with van der Waals surface area (Å²) in [7, 11) is -1.17. The molecule has 4 nitrogen and oxygen atoms in total. The summed E-state index contributed by atoms with van der Waals surface area (Å²) in [6.07, 6.45) is 4.82. The molecule has 5 heteroatoms. The van der Waals surface area contributed by atoms with Crippen molar-refractivity contribution in [3.8, 4) is 0 Å². The quantitative estimate of drug-likeness (QED) is 0.674. The molecule has 0 aliphatic carbocycles. The van der Waals surface area contributed by atoms with E-state index in [2.05, 4.69) is 41.2 Å². The third-order valence-corrected chi connectivity index (χ3v) is 2.48. The van der Waals surface area contributed by atoms with Crippen LogP contribution in [0.15, 0.2) is 60.9 Å².